The fourth-order valence-corrected chi connectivity index (χ4v) is 3.65. The Balaban J connectivity index is 0.000000150. The number of hydrogen-bond acceptors (Lipinski definition) is 5. The first-order valence-corrected chi connectivity index (χ1v) is 9.96. The highest BCUT2D eigenvalue weighted by Crippen LogP contribution is 2.23. The van der Waals surface area contributed by atoms with Crippen LogP contribution in [0.1, 0.15) is 12.0 Å². The quantitative estimate of drug-likeness (QED) is 0.403. The molecule has 3 heterocycles. The van der Waals surface area contributed by atoms with Crippen LogP contribution >= 0.6 is 0 Å². The van der Waals surface area contributed by atoms with Gasteiger partial charge in [0.1, 0.15) is 18.9 Å². The van der Waals surface area contributed by atoms with Crippen LogP contribution in [0.5, 0.6) is 0 Å². The van der Waals surface area contributed by atoms with E-state index in [-0.39, 0.29) is 18.5 Å². The first-order chi connectivity index (χ1) is 14.8. The molecule has 1 aliphatic heterocycles. The lowest BCUT2D eigenvalue weighted by Crippen LogP contribution is -2.37. The number of nitrogens with zero attached hydrogens (tertiary/aromatic N) is 1. The number of aromatic nitrogens is 2. The minimum Gasteiger partial charge on any atom is -0.460 e. The molecule has 6 nitrogen and oxygen atoms in total. The molecule has 2 N–H and O–H groups in total. The van der Waals surface area contributed by atoms with E-state index in [0.29, 0.717) is 13.0 Å². The van der Waals surface area contributed by atoms with Gasteiger partial charge in [-0.05, 0) is 30.7 Å². The van der Waals surface area contributed by atoms with Gasteiger partial charge in [0, 0.05) is 28.4 Å². The number of aromatic amines is 1. The number of esters is 1. The van der Waals surface area contributed by atoms with Crippen molar-refractivity contribution in [2.24, 2.45) is 5.92 Å². The maximum absolute atomic E-state index is 11.7. The summed E-state index contributed by atoms with van der Waals surface area (Å²) in [6.45, 7) is 0.942. The Morgan fingerprint density at radius 2 is 1.80 bits per heavy atom. The number of benzene rings is 2. The second kappa shape index (κ2) is 9.33. The summed E-state index contributed by atoms with van der Waals surface area (Å²) in [6.07, 6.45) is 5.21. The number of fused-ring (bicyclic) bond motifs is 3. The topological polar surface area (TPSA) is 84.1 Å². The van der Waals surface area contributed by atoms with Crippen LogP contribution in [0.3, 0.4) is 0 Å². The van der Waals surface area contributed by atoms with Crippen molar-refractivity contribution in [1.29, 1.82) is 0 Å². The van der Waals surface area contributed by atoms with E-state index >= 15 is 0 Å². The average molecular weight is 401 g/mol. The standard InChI is InChI=1S/C13H15NO3.C11H8N2/c15-8-11-6-7-14-12(11)13(16)17-9-10-4-2-1-3-5-10;1-2-4-10-8(3-1)9-5-6-12-7-11(9)13-10/h1-5,8,11-12,14H,6-7,9H2;1-7,13H/t11?,12-;/m0./s1. The van der Waals surface area contributed by atoms with E-state index in [2.05, 4.69) is 33.5 Å². The summed E-state index contributed by atoms with van der Waals surface area (Å²) >= 11 is 0. The number of hydrogen-bond donors (Lipinski definition) is 2. The van der Waals surface area contributed by atoms with Gasteiger partial charge in [-0.3, -0.25) is 9.78 Å². The van der Waals surface area contributed by atoms with Crippen molar-refractivity contribution in [1.82, 2.24) is 15.3 Å². The highest BCUT2D eigenvalue weighted by molar-refractivity contribution is 6.06. The number of nitrogens with one attached hydrogen (secondary N) is 2. The number of para-hydroxylation sites is 1. The van der Waals surface area contributed by atoms with E-state index in [0.717, 1.165) is 17.4 Å². The van der Waals surface area contributed by atoms with Crippen LogP contribution in [0.2, 0.25) is 0 Å². The van der Waals surface area contributed by atoms with E-state index in [9.17, 15) is 9.59 Å². The van der Waals surface area contributed by atoms with Crippen molar-refractivity contribution in [3.8, 4) is 0 Å². The summed E-state index contributed by atoms with van der Waals surface area (Å²) in [5.41, 5.74) is 3.22. The Hall–Kier alpha value is -3.51. The van der Waals surface area contributed by atoms with Gasteiger partial charge in [0.15, 0.2) is 0 Å². The van der Waals surface area contributed by atoms with Gasteiger partial charge in [-0.1, -0.05) is 48.5 Å². The van der Waals surface area contributed by atoms with Crippen LogP contribution in [-0.4, -0.2) is 34.8 Å². The van der Waals surface area contributed by atoms with Crippen molar-refractivity contribution in [3.63, 3.8) is 0 Å². The van der Waals surface area contributed by atoms with Crippen LogP contribution in [-0.2, 0) is 20.9 Å². The molecule has 2 atom stereocenters. The van der Waals surface area contributed by atoms with Gasteiger partial charge in [-0.2, -0.15) is 0 Å². The normalized spacial score (nSPS) is 18.0. The van der Waals surface area contributed by atoms with Crippen molar-refractivity contribution in [3.05, 3.63) is 78.6 Å². The van der Waals surface area contributed by atoms with Crippen LogP contribution in [0.15, 0.2) is 73.1 Å². The summed E-state index contributed by atoms with van der Waals surface area (Å²) in [5, 5.41) is 5.49. The van der Waals surface area contributed by atoms with E-state index in [1.807, 2.05) is 54.9 Å². The smallest absolute Gasteiger partial charge is 0.324 e. The molecule has 2 aromatic carbocycles. The zero-order valence-corrected chi connectivity index (χ0v) is 16.5. The summed E-state index contributed by atoms with van der Waals surface area (Å²) in [4.78, 5) is 29.9. The third-order valence-electron chi connectivity index (χ3n) is 5.23. The zero-order valence-electron chi connectivity index (χ0n) is 16.5. The van der Waals surface area contributed by atoms with Crippen molar-refractivity contribution < 1.29 is 14.3 Å². The van der Waals surface area contributed by atoms with E-state index in [1.165, 1.54) is 16.3 Å². The second-order valence-electron chi connectivity index (χ2n) is 7.21. The molecular formula is C24H23N3O3. The highest BCUT2D eigenvalue weighted by Gasteiger charge is 2.33. The van der Waals surface area contributed by atoms with E-state index in [4.69, 9.17) is 4.74 Å². The number of H-pyrrole nitrogens is 1. The van der Waals surface area contributed by atoms with Crippen molar-refractivity contribution in [2.45, 2.75) is 19.1 Å². The van der Waals surface area contributed by atoms with Crippen LogP contribution in [0, 0.1) is 5.92 Å². The third kappa shape index (κ3) is 4.39. The van der Waals surface area contributed by atoms with Gasteiger partial charge in [0.05, 0.1) is 11.7 Å². The molecule has 2 aromatic heterocycles. The summed E-state index contributed by atoms with van der Waals surface area (Å²) in [5.74, 6) is -0.596. The molecule has 0 spiro atoms. The fourth-order valence-electron chi connectivity index (χ4n) is 3.65. The molecule has 1 fully saturated rings. The van der Waals surface area contributed by atoms with Gasteiger partial charge in [-0.25, -0.2) is 0 Å². The Kier molecular flexibility index (Phi) is 6.15. The lowest BCUT2D eigenvalue weighted by atomic mass is 10.0. The van der Waals surface area contributed by atoms with Gasteiger partial charge in [0.2, 0.25) is 0 Å². The van der Waals surface area contributed by atoms with Crippen molar-refractivity contribution >= 4 is 34.1 Å². The lowest BCUT2D eigenvalue weighted by molar-refractivity contribution is -0.148. The van der Waals surface area contributed by atoms with Crippen molar-refractivity contribution in [2.75, 3.05) is 6.54 Å². The third-order valence-corrected chi connectivity index (χ3v) is 5.23. The molecule has 0 bridgehead atoms. The highest BCUT2D eigenvalue weighted by atomic mass is 16.5. The molecule has 152 valence electrons. The molecule has 1 aliphatic rings. The molecular weight excluding hydrogens is 378 g/mol. The van der Waals surface area contributed by atoms with Crippen LogP contribution < -0.4 is 5.32 Å². The summed E-state index contributed by atoms with van der Waals surface area (Å²) < 4.78 is 5.18. The second-order valence-corrected chi connectivity index (χ2v) is 7.21. The molecule has 30 heavy (non-hydrogen) atoms. The average Bonchev–Trinajstić information content (AvgIpc) is 3.43. The Morgan fingerprint density at radius 1 is 1.03 bits per heavy atom. The first kappa shape index (κ1) is 19.8. The van der Waals surface area contributed by atoms with Gasteiger partial charge in [-0.15, -0.1) is 0 Å². The van der Waals surface area contributed by atoms with Crippen LogP contribution in [0.4, 0.5) is 0 Å². The molecule has 0 radical (unpaired) electrons. The molecule has 5 rings (SSSR count). The SMILES string of the molecule is O=CC1CCN[C@@H]1C(=O)OCc1ccccc1.c1ccc2c(c1)[nH]c1cnccc12. The molecule has 0 saturated carbocycles. The summed E-state index contributed by atoms with van der Waals surface area (Å²) in [6, 6.07) is 19.3. The first-order valence-electron chi connectivity index (χ1n) is 9.96. The maximum atomic E-state index is 11.7. The van der Waals surface area contributed by atoms with Crippen LogP contribution in [0.25, 0.3) is 21.8 Å². The van der Waals surface area contributed by atoms with E-state index in [1.54, 1.807) is 0 Å². The monoisotopic (exact) mass is 401 g/mol. The number of rotatable bonds is 4. The zero-order chi connectivity index (χ0) is 20.8. The minimum absolute atomic E-state index is 0.252. The molecule has 6 heteroatoms. The number of ether oxygens (including phenoxy) is 1. The minimum atomic E-state index is -0.476. The number of pyridine rings is 1. The van der Waals surface area contributed by atoms with Gasteiger partial charge in [0.25, 0.3) is 0 Å². The Labute approximate surface area is 174 Å². The number of aldehydes is 1. The predicted octanol–water partition coefficient (Wildman–Crippen LogP) is 3.62. The largest absolute Gasteiger partial charge is 0.460 e. The molecule has 0 aliphatic carbocycles. The number of carbonyl (C=O) groups excluding carboxylic acids is 2. The van der Waals surface area contributed by atoms with E-state index < -0.39 is 6.04 Å². The Bertz CT molecular complexity index is 1090. The number of carbonyl (C=O) groups is 2. The molecule has 0 amide bonds. The fraction of sp³-hybridized carbons (Fsp3) is 0.208. The van der Waals surface area contributed by atoms with Gasteiger partial charge < -0.3 is 19.8 Å². The predicted molar refractivity (Wildman–Crippen MR) is 116 cm³/mol. The maximum Gasteiger partial charge on any atom is 0.324 e. The van der Waals surface area contributed by atoms with Gasteiger partial charge >= 0.3 is 5.97 Å². The summed E-state index contributed by atoms with van der Waals surface area (Å²) in [7, 11) is 0. The molecule has 1 unspecified atom stereocenters. The Morgan fingerprint density at radius 3 is 2.63 bits per heavy atom. The molecule has 4 aromatic rings. The molecule has 1 saturated heterocycles. The lowest BCUT2D eigenvalue weighted by Gasteiger charge is -2.13.